The van der Waals surface area contributed by atoms with Gasteiger partial charge in [-0.2, -0.15) is 23.4 Å². The lowest BCUT2D eigenvalue weighted by molar-refractivity contribution is -0.0593. The van der Waals surface area contributed by atoms with Crippen LogP contribution < -0.4 is 0 Å². The molecule has 0 aliphatic heterocycles. The highest BCUT2D eigenvalue weighted by Crippen LogP contribution is 2.22. The number of allylic oxidation sites excluding steroid dienone is 1. The molecular weight excluding hydrogens is 217 g/mol. The zero-order valence-electron chi connectivity index (χ0n) is 9.81. The number of hydrogen-bond donors (Lipinski definition) is 0. The second-order valence-corrected chi connectivity index (χ2v) is 3.95. The van der Waals surface area contributed by atoms with E-state index in [0.717, 1.165) is 12.5 Å². The van der Waals surface area contributed by atoms with Crippen molar-refractivity contribution in [2.75, 3.05) is 0 Å². The summed E-state index contributed by atoms with van der Waals surface area (Å²) in [7, 11) is 0. The van der Waals surface area contributed by atoms with Crippen LogP contribution in [0.2, 0.25) is 0 Å². The average molecular weight is 232 g/mol. The van der Waals surface area contributed by atoms with E-state index in [2.05, 4.69) is 22.5 Å². The molecule has 90 valence electrons. The lowest BCUT2D eigenvalue weighted by atomic mass is 9.87. The van der Waals surface area contributed by atoms with E-state index in [1.807, 2.05) is 0 Å². The highest BCUT2D eigenvalue weighted by molar-refractivity contribution is 5.87. The Labute approximate surface area is 93.3 Å². The van der Waals surface area contributed by atoms with Crippen molar-refractivity contribution in [3.63, 3.8) is 0 Å². The van der Waals surface area contributed by atoms with E-state index in [9.17, 15) is 13.2 Å². The first-order valence-corrected chi connectivity index (χ1v) is 4.64. The molecule has 0 fully saturated rings. The van der Waals surface area contributed by atoms with E-state index in [-0.39, 0.29) is 0 Å². The van der Waals surface area contributed by atoms with Gasteiger partial charge in [0.2, 0.25) is 0 Å². The van der Waals surface area contributed by atoms with E-state index in [1.54, 1.807) is 20.8 Å². The minimum Gasteiger partial charge on any atom is -0.165 e. The van der Waals surface area contributed by atoms with Crippen molar-refractivity contribution in [2.45, 2.75) is 33.9 Å². The molecule has 0 aromatic carbocycles. The fourth-order valence-corrected chi connectivity index (χ4v) is 0.641. The highest BCUT2D eigenvalue weighted by Gasteiger charge is 2.32. The maximum absolute atomic E-state index is 12.1. The molecule has 0 aromatic heterocycles. The van der Waals surface area contributed by atoms with Crippen LogP contribution in [0, 0.1) is 5.41 Å². The smallest absolute Gasteiger partial charge is 0.165 e. The monoisotopic (exact) mass is 232 g/mol. The first-order valence-electron chi connectivity index (χ1n) is 4.64. The molecule has 0 spiro atoms. The van der Waals surface area contributed by atoms with Gasteiger partial charge < -0.3 is 0 Å². The topological polar surface area (TPSA) is 24.7 Å². The Morgan fingerprint density at radius 1 is 1.25 bits per heavy atom. The molecule has 5 heteroatoms. The summed E-state index contributed by atoms with van der Waals surface area (Å²) in [6.07, 6.45) is -3.08. The summed E-state index contributed by atoms with van der Waals surface area (Å²) in [4.78, 5) is 0. The van der Waals surface area contributed by atoms with Crippen molar-refractivity contribution in [3.05, 3.63) is 17.9 Å². The lowest BCUT2D eigenvalue weighted by Gasteiger charge is -2.17. The predicted molar refractivity (Wildman–Crippen MR) is 59.8 cm³/mol. The summed E-state index contributed by atoms with van der Waals surface area (Å²) in [5, 5.41) is 6.53. The molecule has 0 unspecified atom stereocenters. The molecule has 0 aromatic rings. The van der Waals surface area contributed by atoms with Crippen molar-refractivity contribution in [3.8, 4) is 0 Å². The van der Waals surface area contributed by atoms with Gasteiger partial charge in [0, 0.05) is 11.6 Å². The number of hydrogen-bond acceptors (Lipinski definition) is 2. The summed E-state index contributed by atoms with van der Waals surface area (Å²) < 4.78 is 36.2. The van der Waals surface area contributed by atoms with E-state index >= 15 is 0 Å². The van der Waals surface area contributed by atoms with Gasteiger partial charge in [0.25, 0.3) is 0 Å². The Kier molecular flexibility index (Phi) is 4.69. The third kappa shape index (κ3) is 4.45. The molecule has 0 aliphatic carbocycles. The molecule has 0 saturated carbocycles. The van der Waals surface area contributed by atoms with Gasteiger partial charge in [0.05, 0.1) is 0 Å². The Balaban J connectivity index is 4.83. The van der Waals surface area contributed by atoms with Crippen molar-refractivity contribution in [2.24, 2.45) is 15.6 Å². The first-order chi connectivity index (χ1) is 7.11. The molecule has 0 saturated heterocycles. The van der Waals surface area contributed by atoms with Crippen LogP contribution in [-0.4, -0.2) is 18.1 Å². The zero-order valence-corrected chi connectivity index (χ0v) is 9.81. The Hall–Kier alpha value is -1.35. The van der Waals surface area contributed by atoms with Gasteiger partial charge in [0.15, 0.2) is 0 Å². The zero-order chi connectivity index (χ0) is 13.0. The van der Waals surface area contributed by atoms with E-state index in [1.165, 1.54) is 6.21 Å². The van der Waals surface area contributed by atoms with Crippen LogP contribution >= 0.6 is 0 Å². The standard InChI is InChI=1S/C11H15F3N2/c1-6-8(2)10(4,5)7-15-16-9(3)11(12,13)14/h7H,1H2,2-5H3/b15-7+,16-9+. The van der Waals surface area contributed by atoms with Gasteiger partial charge in [-0.15, -0.1) is 5.73 Å². The Morgan fingerprint density at radius 2 is 1.75 bits per heavy atom. The van der Waals surface area contributed by atoms with Gasteiger partial charge in [0.1, 0.15) is 5.71 Å². The van der Waals surface area contributed by atoms with Gasteiger partial charge in [-0.1, -0.05) is 20.4 Å². The molecule has 0 N–H and O–H groups in total. The van der Waals surface area contributed by atoms with Gasteiger partial charge in [-0.05, 0) is 19.4 Å². The summed E-state index contributed by atoms with van der Waals surface area (Å²) in [6.45, 7) is 9.71. The number of nitrogens with zero attached hydrogens (tertiary/aromatic N) is 2. The predicted octanol–water partition coefficient (Wildman–Crippen LogP) is 3.75. The van der Waals surface area contributed by atoms with Crippen molar-refractivity contribution >= 4 is 11.9 Å². The van der Waals surface area contributed by atoms with Crippen LogP contribution in [0.1, 0.15) is 27.7 Å². The van der Waals surface area contributed by atoms with Gasteiger partial charge >= 0.3 is 6.18 Å². The normalized spacial score (nSPS) is 14.1. The fourth-order valence-electron chi connectivity index (χ4n) is 0.641. The van der Waals surface area contributed by atoms with Gasteiger partial charge in [-0.25, -0.2) is 0 Å². The third-order valence-electron chi connectivity index (χ3n) is 2.23. The Bertz CT molecular complexity index is 356. The summed E-state index contributed by atoms with van der Waals surface area (Å²) in [6, 6.07) is 0. The maximum atomic E-state index is 12.1. The minimum absolute atomic E-state index is 0.503. The fraction of sp³-hybridized carbons (Fsp3) is 0.545. The molecule has 0 rings (SSSR count). The molecular formula is C11H15F3N2. The van der Waals surface area contributed by atoms with Crippen molar-refractivity contribution in [1.82, 2.24) is 0 Å². The van der Waals surface area contributed by atoms with Crippen LogP contribution in [0.3, 0.4) is 0 Å². The number of halogens is 3. The van der Waals surface area contributed by atoms with Crippen molar-refractivity contribution < 1.29 is 13.2 Å². The highest BCUT2D eigenvalue weighted by atomic mass is 19.4. The summed E-state index contributed by atoms with van der Waals surface area (Å²) >= 11 is 0. The van der Waals surface area contributed by atoms with E-state index in [4.69, 9.17) is 0 Å². The number of rotatable bonds is 3. The quantitative estimate of drug-likeness (QED) is 0.402. The largest absolute Gasteiger partial charge is 0.431 e. The van der Waals surface area contributed by atoms with E-state index < -0.39 is 17.3 Å². The first kappa shape index (κ1) is 14.6. The summed E-state index contributed by atoms with van der Waals surface area (Å²) in [5.74, 6) is 0. The third-order valence-corrected chi connectivity index (χ3v) is 2.23. The van der Waals surface area contributed by atoms with Crippen LogP contribution in [-0.2, 0) is 0 Å². The maximum Gasteiger partial charge on any atom is 0.431 e. The SMILES string of the molecule is C=C=C(C)C(C)(C)/C=N/N=C(\C)C(F)(F)F. The second kappa shape index (κ2) is 5.12. The van der Waals surface area contributed by atoms with Crippen LogP contribution in [0.4, 0.5) is 13.2 Å². The average Bonchev–Trinajstić information content (AvgIpc) is 2.14. The molecule has 0 aliphatic rings. The molecule has 2 nitrogen and oxygen atoms in total. The van der Waals surface area contributed by atoms with Gasteiger partial charge in [-0.3, -0.25) is 0 Å². The summed E-state index contributed by atoms with van der Waals surface area (Å²) in [5.41, 5.74) is 1.99. The lowest BCUT2D eigenvalue weighted by Crippen LogP contribution is -2.19. The molecule has 0 atom stereocenters. The van der Waals surface area contributed by atoms with Crippen LogP contribution in [0.15, 0.2) is 28.1 Å². The van der Waals surface area contributed by atoms with Crippen LogP contribution in [0.25, 0.3) is 0 Å². The van der Waals surface area contributed by atoms with Crippen LogP contribution in [0.5, 0.6) is 0 Å². The molecule has 0 amide bonds. The van der Waals surface area contributed by atoms with Crippen molar-refractivity contribution in [1.29, 1.82) is 0 Å². The second-order valence-electron chi connectivity index (χ2n) is 3.95. The molecule has 0 heterocycles. The number of alkyl halides is 3. The molecule has 16 heavy (non-hydrogen) atoms. The Morgan fingerprint density at radius 3 is 2.12 bits per heavy atom. The minimum atomic E-state index is -4.43. The molecule has 0 bridgehead atoms. The molecule has 0 radical (unpaired) electrons. The van der Waals surface area contributed by atoms with E-state index in [0.29, 0.717) is 0 Å².